The van der Waals surface area contributed by atoms with Crippen molar-refractivity contribution in [3.8, 4) is 0 Å². The molecule has 2 aromatic rings. The van der Waals surface area contributed by atoms with Crippen LogP contribution >= 0.6 is 0 Å². The van der Waals surface area contributed by atoms with Crippen LogP contribution in [0.2, 0.25) is 0 Å². The topological polar surface area (TPSA) is 55.5 Å². The largest absolute Gasteiger partial charge is 0.368 e. The summed E-state index contributed by atoms with van der Waals surface area (Å²) in [4.78, 5) is 27.8. The number of H-pyrrole nitrogens is 1. The third-order valence-electron chi connectivity index (χ3n) is 6.97. The molecule has 4 rings (SSSR count). The summed E-state index contributed by atoms with van der Waals surface area (Å²) in [5.41, 5.74) is 3.66. The molecule has 1 aromatic heterocycles. The Hall–Kier alpha value is -2.34. The number of nitrogens with zero attached hydrogens (tertiary/aromatic N) is 4. The van der Waals surface area contributed by atoms with E-state index in [1.54, 1.807) is 0 Å². The molecule has 0 unspecified atom stereocenters. The van der Waals surface area contributed by atoms with E-state index < -0.39 is 0 Å². The number of aromatic nitrogens is 2. The van der Waals surface area contributed by atoms with Crippen molar-refractivity contribution in [3.63, 3.8) is 0 Å². The average molecular weight is 424 g/mol. The molecule has 0 radical (unpaired) electrons. The van der Waals surface area contributed by atoms with E-state index in [-0.39, 0.29) is 0 Å². The number of nitrogens with one attached hydrogen (secondary N) is 1. The number of likely N-dealkylation sites (tertiary alicyclic amines) is 1. The molecule has 0 atom stereocenters. The molecular weight excluding hydrogens is 386 g/mol. The van der Waals surface area contributed by atoms with Crippen LogP contribution in [0.5, 0.6) is 0 Å². The van der Waals surface area contributed by atoms with Crippen molar-refractivity contribution in [2.24, 2.45) is 5.92 Å². The van der Waals surface area contributed by atoms with E-state index in [0.29, 0.717) is 18.2 Å². The summed E-state index contributed by atoms with van der Waals surface area (Å²) in [5, 5.41) is 0. The van der Waals surface area contributed by atoms with Crippen LogP contribution in [0, 0.1) is 12.8 Å². The molecule has 0 bridgehead atoms. The van der Waals surface area contributed by atoms with Crippen LogP contribution < -0.4 is 4.90 Å². The first-order valence-electron chi connectivity index (χ1n) is 12.0. The Bertz CT molecular complexity index is 833. The fraction of sp³-hybridized carbons (Fsp3) is 0.600. The Balaban J connectivity index is 1.15. The number of aryl methyl sites for hydroxylation is 2. The van der Waals surface area contributed by atoms with E-state index in [1.807, 2.05) is 6.07 Å². The Labute approximate surface area is 186 Å². The fourth-order valence-electron chi connectivity index (χ4n) is 4.87. The highest BCUT2D eigenvalue weighted by Crippen LogP contribution is 2.24. The zero-order chi connectivity index (χ0) is 21.6. The molecular formula is C25H37N5O. The zero-order valence-corrected chi connectivity index (χ0v) is 19.1. The maximum absolute atomic E-state index is 12.7. The summed E-state index contributed by atoms with van der Waals surface area (Å²) in [5.74, 6) is 2.11. The molecule has 1 N–H and O–H groups in total. The van der Waals surface area contributed by atoms with Crippen LogP contribution in [0.25, 0.3) is 0 Å². The van der Waals surface area contributed by atoms with Gasteiger partial charge < -0.3 is 14.8 Å². The van der Waals surface area contributed by atoms with E-state index in [4.69, 9.17) is 4.98 Å². The van der Waals surface area contributed by atoms with Crippen molar-refractivity contribution in [1.29, 1.82) is 0 Å². The number of carbonyl (C=O) groups excluding carboxylic acids is 1. The van der Waals surface area contributed by atoms with Crippen molar-refractivity contribution >= 4 is 11.6 Å². The van der Waals surface area contributed by atoms with Crippen LogP contribution in [0.15, 0.2) is 30.3 Å². The lowest BCUT2D eigenvalue weighted by atomic mass is 9.92. The summed E-state index contributed by atoms with van der Waals surface area (Å²) in [6.07, 6.45) is 5.08. The summed E-state index contributed by atoms with van der Waals surface area (Å²) < 4.78 is 0. The van der Waals surface area contributed by atoms with Crippen molar-refractivity contribution in [2.45, 2.75) is 52.5 Å². The number of piperidine rings is 1. The Morgan fingerprint density at radius 3 is 2.42 bits per heavy atom. The van der Waals surface area contributed by atoms with Crippen molar-refractivity contribution in [3.05, 3.63) is 47.5 Å². The number of aromatic amines is 1. The van der Waals surface area contributed by atoms with Gasteiger partial charge in [-0.3, -0.25) is 9.69 Å². The van der Waals surface area contributed by atoms with Gasteiger partial charge in [-0.25, -0.2) is 4.98 Å². The molecule has 6 heteroatoms. The van der Waals surface area contributed by atoms with Gasteiger partial charge in [0.25, 0.3) is 0 Å². The summed E-state index contributed by atoms with van der Waals surface area (Å²) in [6.45, 7) is 11.0. The van der Waals surface area contributed by atoms with Gasteiger partial charge in [0.15, 0.2) is 0 Å². The van der Waals surface area contributed by atoms with E-state index in [1.165, 1.54) is 29.9 Å². The number of anilines is 1. The van der Waals surface area contributed by atoms with Crippen LogP contribution in [0.3, 0.4) is 0 Å². The van der Waals surface area contributed by atoms with Crippen molar-refractivity contribution in [2.75, 3.05) is 44.2 Å². The molecule has 2 aliphatic rings. The first kappa shape index (κ1) is 21.9. The summed E-state index contributed by atoms with van der Waals surface area (Å²) >= 11 is 0. The molecule has 3 heterocycles. The number of imidazole rings is 1. The molecule has 0 spiro atoms. The molecule has 0 saturated carbocycles. The van der Waals surface area contributed by atoms with Gasteiger partial charge >= 0.3 is 0 Å². The Morgan fingerprint density at radius 1 is 1.06 bits per heavy atom. The predicted octanol–water partition coefficient (Wildman–Crippen LogP) is 3.62. The maximum Gasteiger partial charge on any atom is 0.222 e. The minimum absolute atomic E-state index is 0.342. The zero-order valence-electron chi connectivity index (χ0n) is 19.1. The lowest BCUT2D eigenvalue weighted by Gasteiger charge is -2.36. The van der Waals surface area contributed by atoms with Crippen LogP contribution in [0.4, 0.5) is 5.69 Å². The van der Waals surface area contributed by atoms with Crippen molar-refractivity contribution < 1.29 is 4.79 Å². The standard InChI is InChI=1S/C25H37N5O/c1-3-24-26-20(2)23(27-24)19-28-13-11-21(12-14-28)9-10-25(31)30-17-15-29(16-18-30)22-7-5-4-6-8-22/h4-8,21H,3,9-19H2,1-2H3,(H,26,27). The van der Waals surface area contributed by atoms with Crippen LogP contribution in [-0.2, 0) is 17.8 Å². The van der Waals surface area contributed by atoms with E-state index in [0.717, 1.165) is 64.5 Å². The minimum atomic E-state index is 0.342. The molecule has 2 fully saturated rings. The van der Waals surface area contributed by atoms with E-state index >= 15 is 0 Å². The molecule has 2 aliphatic heterocycles. The van der Waals surface area contributed by atoms with Gasteiger partial charge in [0, 0.05) is 56.9 Å². The number of amides is 1. The van der Waals surface area contributed by atoms with E-state index in [2.05, 4.69) is 57.8 Å². The highest BCUT2D eigenvalue weighted by Gasteiger charge is 2.24. The lowest BCUT2D eigenvalue weighted by molar-refractivity contribution is -0.131. The fourth-order valence-corrected chi connectivity index (χ4v) is 4.87. The second-order valence-electron chi connectivity index (χ2n) is 9.07. The van der Waals surface area contributed by atoms with Crippen LogP contribution in [-0.4, -0.2) is 64.9 Å². The SMILES string of the molecule is CCc1nc(CN2CCC(CCC(=O)N3CCN(c4ccccc4)CC3)CC2)c(C)[nH]1. The number of hydrogen-bond donors (Lipinski definition) is 1. The van der Waals surface area contributed by atoms with Gasteiger partial charge in [-0.1, -0.05) is 25.1 Å². The van der Waals surface area contributed by atoms with Gasteiger partial charge in [0.1, 0.15) is 5.82 Å². The monoisotopic (exact) mass is 423 g/mol. The molecule has 1 amide bonds. The number of para-hydroxylation sites is 1. The molecule has 168 valence electrons. The quantitative estimate of drug-likeness (QED) is 0.739. The molecule has 1 aromatic carbocycles. The lowest BCUT2D eigenvalue weighted by Crippen LogP contribution is -2.48. The number of carbonyl (C=O) groups is 1. The second kappa shape index (κ2) is 10.3. The van der Waals surface area contributed by atoms with Crippen LogP contribution in [0.1, 0.15) is 49.8 Å². The molecule has 31 heavy (non-hydrogen) atoms. The van der Waals surface area contributed by atoms with E-state index in [9.17, 15) is 4.79 Å². The second-order valence-corrected chi connectivity index (χ2v) is 9.07. The number of rotatable bonds is 7. The highest BCUT2D eigenvalue weighted by atomic mass is 16.2. The summed E-state index contributed by atoms with van der Waals surface area (Å²) in [7, 11) is 0. The van der Waals surface area contributed by atoms with Gasteiger partial charge in [-0.2, -0.15) is 0 Å². The van der Waals surface area contributed by atoms with Gasteiger partial charge in [-0.15, -0.1) is 0 Å². The normalized spacial score (nSPS) is 18.5. The molecule has 0 aliphatic carbocycles. The van der Waals surface area contributed by atoms with Crippen molar-refractivity contribution in [1.82, 2.24) is 19.8 Å². The highest BCUT2D eigenvalue weighted by molar-refractivity contribution is 5.76. The number of hydrogen-bond acceptors (Lipinski definition) is 4. The molecule has 2 saturated heterocycles. The Kier molecular flexibility index (Phi) is 7.28. The molecule has 6 nitrogen and oxygen atoms in total. The summed E-state index contributed by atoms with van der Waals surface area (Å²) in [6, 6.07) is 10.5. The number of benzene rings is 1. The predicted molar refractivity (Wildman–Crippen MR) is 125 cm³/mol. The average Bonchev–Trinajstić information content (AvgIpc) is 3.18. The smallest absolute Gasteiger partial charge is 0.222 e. The van der Waals surface area contributed by atoms with Gasteiger partial charge in [0.2, 0.25) is 5.91 Å². The van der Waals surface area contributed by atoms with Gasteiger partial charge in [0.05, 0.1) is 5.69 Å². The van der Waals surface area contributed by atoms with Gasteiger partial charge in [-0.05, 0) is 57.3 Å². The third-order valence-corrected chi connectivity index (χ3v) is 6.97. The number of piperazine rings is 1. The minimum Gasteiger partial charge on any atom is -0.368 e. The first-order chi connectivity index (χ1) is 15.1. The maximum atomic E-state index is 12.7. The first-order valence-corrected chi connectivity index (χ1v) is 12.0. The Morgan fingerprint density at radius 2 is 1.77 bits per heavy atom. The third kappa shape index (κ3) is 5.67.